The SMILES string of the molecule is c1ccc(-c2ccccc2N(c2ccc(-c3ccc4c(ccc5ccc6ccccc6c54)c3)cc2)c2cccc3c2ccc2c4ccccc4sc32)cc1. The highest BCUT2D eigenvalue weighted by Gasteiger charge is 2.20. The van der Waals surface area contributed by atoms with Gasteiger partial charge in [0.1, 0.15) is 0 Å². The Labute approximate surface area is 317 Å². The summed E-state index contributed by atoms with van der Waals surface area (Å²) in [4.78, 5) is 2.45. The summed E-state index contributed by atoms with van der Waals surface area (Å²) in [5, 5.41) is 12.9. The molecular weight excluding hydrogens is 671 g/mol. The van der Waals surface area contributed by atoms with Crippen molar-refractivity contribution in [3.8, 4) is 22.3 Å². The lowest BCUT2D eigenvalue weighted by Gasteiger charge is -2.29. The summed E-state index contributed by atoms with van der Waals surface area (Å²) in [6.07, 6.45) is 0. The van der Waals surface area contributed by atoms with Gasteiger partial charge in [0.05, 0.1) is 11.4 Å². The molecule has 1 nitrogen and oxygen atoms in total. The van der Waals surface area contributed by atoms with Gasteiger partial charge >= 0.3 is 0 Å². The summed E-state index contributed by atoms with van der Waals surface area (Å²) < 4.78 is 2.65. The molecule has 0 spiro atoms. The highest BCUT2D eigenvalue weighted by atomic mass is 32.1. The van der Waals surface area contributed by atoms with Gasteiger partial charge in [-0.25, -0.2) is 0 Å². The summed E-state index contributed by atoms with van der Waals surface area (Å²) in [6, 6.07) is 73.4. The van der Waals surface area contributed by atoms with E-state index in [0.717, 1.165) is 17.1 Å². The summed E-state index contributed by atoms with van der Waals surface area (Å²) in [7, 11) is 0. The fourth-order valence-corrected chi connectivity index (χ4v) is 9.71. The molecule has 0 aliphatic carbocycles. The lowest BCUT2D eigenvalue weighted by atomic mass is 9.94. The van der Waals surface area contributed by atoms with Gasteiger partial charge in [0.25, 0.3) is 0 Å². The number of hydrogen-bond acceptors (Lipinski definition) is 2. The van der Waals surface area contributed by atoms with Crippen molar-refractivity contribution in [2.75, 3.05) is 4.90 Å². The smallest absolute Gasteiger partial charge is 0.0540 e. The molecule has 1 aromatic heterocycles. The second kappa shape index (κ2) is 12.4. The van der Waals surface area contributed by atoms with E-state index in [-0.39, 0.29) is 0 Å². The van der Waals surface area contributed by atoms with Crippen LogP contribution in [-0.4, -0.2) is 0 Å². The van der Waals surface area contributed by atoms with Gasteiger partial charge in [-0.2, -0.15) is 0 Å². The zero-order valence-electron chi connectivity index (χ0n) is 29.4. The Balaban J connectivity index is 1.08. The number of thiophene rings is 1. The standard InChI is InChI=1S/C52H33NS/c1-2-11-35(12-3-1)41-14-6-8-18-48(41)53(49-19-10-17-46-44(49)31-32-47-45-16-7-9-20-50(45)54-52(46)47)40-28-25-34(26-29-40)38-27-30-43-39(33-38)24-23-37-22-21-36-13-4-5-15-42(36)51(37)43/h1-33H. The maximum Gasteiger partial charge on any atom is 0.0540 e. The van der Waals surface area contributed by atoms with Crippen molar-refractivity contribution in [1.29, 1.82) is 0 Å². The van der Waals surface area contributed by atoms with Gasteiger partial charge in [-0.05, 0) is 85.4 Å². The molecule has 0 amide bonds. The number of para-hydroxylation sites is 1. The van der Waals surface area contributed by atoms with E-state index in [1.165, 1.54) is 85.5 Å². The Morgan fingerprint density at radius 3 is 1.83 bits per heavy atom. The molecule has 0 saturated carbocycles. The van der Waals surface area contributed by atoms with Crippen molar-refractivity contribution in [1.82, 2.24) is 0 Å². The molecule has 1 heterocycles. The Kier molecular flexibility index (Phi) is 7.11. The summed E-state index contributed by atoms with van der Waals surface area (Å²) in [5.41, 5.74) is 8.21. The number of anilines is 3. The second-order valence-corrected chi connectivity index (χ2v) is 15.1. The predicted octanol–water partition coefficient (Wildman–Crippen LogP) is 15.5. The highest BCUT2D eigenvalue weighted by Crippen LogP contribution is 2.46. The Morgan fingerprint density at radius 2 is 0.944 bits per heavy atom. The zero-order chi connectivity index (χ0) is 35.6. The zero-order valence-corrected chi connectivity index (χ0v) is 30.2. The summed E-state index contributed by atoms with van der Waals surface area (Å²) in [5.74, 6) is 0. The number of nitrogens with zero attached hydrogens (tertiary/aromatic N) is 1. The minimum absolute atomic E-state index is 1.12. The fraction of sp³-hybridized carbons (Fsp3) is 0. The van der Waals surface area contributed by atoms with Crippen LogP contribution in [0.2, 0.25) is 0 Å². The Morgan fingerprint density at radius 1 is 0.333 bits per heavy atom. The molecular formula is C52H33NS. The fourth-order valence-electron chi connectivity index (χ4n) is 8.48. The van der Waals surface area contributed by atoms with E-state index in [2.05, 4.69) is 205 Å². The predicted molar refractivity (Wildman–Crippen MR) is 235 cm³/mol. The van der Waals surface area contributed by atoms with Crippen LogP contribution in [0.25, 0.3) is 85.5 Å². The molecule has 11 rings (SSSR count). The highest BCUT2D eigenvalue weighted by molar-refractivity contribution is 7.26. The maximum absolute atomic E-state index is 2.45. The van der Waals surface area contributed by atoms with Gasteiger partial charge in [-0.3, -0.25) is 0 Å². The van der Waals surface area contributed by atoms with Crippen molar-refractivity contribution in [3.63, 3.8) is 0 Å². The summed E-state index contributed by atoms with van der Waals surface area (Å²) in [6.45, 7) is 0. The van der Waals surface area contributed by atoms with Crippen molar-refractivity contribution < 1.29 is 0 Å². The average Bonchev–Trinajstić information content (AvgIpc) is 3.63. The average molecular weight is 704 g/mol. The number of hydrogen-bond donors (Lipinski definition) is 0. The van der Waals surface area contributed by atoms with Gasteiger partial charge in [-0.1, -0.05) is 164 Å². The third-order valence-electron chi connectivity index (χ3n) is 11.0. The molecule has 2 heteroatoms. The minimum Gasteiger partial charge on any atom is -0.309 e. The van der Waals surface area contributed by atoms with Crippen LogP contribution in [0.1, 0.15) is 0 Å². The largest absolute Gasteiger partial charge is 0.309 e. The van der Waals surface area contributed by atoms with E-state index < -0.39 is 0 Å². The van der Waals surface area contributed by atoms with E-state index in [4.69, 9.17) is 0 Å². The van der Waals surface area contributed by atoms with E-state index in [9.17, 15) is 0 Å². The lowest BCUT2D eigenvalue weighted by molar-refractivity contribution is 1.30. The van der Waals surface area contributed by atoms with E-state index in [0.29, 0.717) is 0 Å². The number of fused-ring (bicyclic) bond motifs is 10. The van der Waals surface area contributed by atoms with Gasteiger partial charge in [0, 0.05) is 42.2 Å². The van der Waals surface area contributed by atoms with Gasteiger partial charge in [0.15, 0.2) is 0 Å². The van der Waals surface area contributed by atoms with Crippen LogP contribution >= 0.6 is 11.3 Å². The van der Waals surface area contributed by atoms with E-state index in [1.54, 1.807) is 0 Å². The van der Waals surface area contributed by atoms with Gasteiger partial charge in [0.2, 0.25) is 0 Å². The lowest BCUT2D eigenvalue weighted by Crippen LogP contribution is -2.11. The normalized spacial score (nSPS) is 11.7. The summed E-state index contributed by atoms with van der Waals surface area (Å²) >= 11 is 1.89. The van der Waals surface area contributed by atoms with Crippen LogP contribution in [0.15, 0.2) is 200 Å². The van der Waals surface area contributed by atoms with Crippen molar-refractivity contribution >= 4 is 91.7 Å². The maximum atomic E-state index is 2.45. The molecule has 0 saturated heterocycles. The molecule has 0 aliphatic rings. The van der Waals surface area contributed by atoms with Crippen LogP contribution in [0.5, 0.6) is 0 Å². The molecule has 0 N–H and O–H groups in total. The van der Waals surface area contributed by atoms with Gasteiger partial charge < -0.3 is 4.90 Å². The first-order valence-corrected chi connectivity index (χ1v) is 19.3. The first-order valence-electron chi connectivity index (χ1n) is 18.5. The number of benzene rings is 10. The van der Waals surface area contributed by atoms with Crippen LogP contribution in [0.3, 0.4) is 0 Å². The monoisotopic (exact) mass is 703 g/mol. The quantitative estimate of drug-likeness (QED) is 0.161. The van der Waals surface area contributed by atoms with E-state index >= 15 is 0 Å². The second-order valence-electron chi connectivity index (χ2n) is 14.1. The molecule has 0 atom stereocenters. The molecule has 0 aliphatic heterocycles. The van der Waals surface area contributed by atoms with Crippen LogP contribution < -0.4 is 4.90 Å². The molecule has 252 valence electrons. The minimum atomic E-state index is 1.12. The Hall–Kier alpha value is -6.74. The molecule has 0 unspecified atom stereocenters. The van der Waals surface area contributed by atoms with Crippen molar-refractivity contribution in [2.45, 2.75) is 0 Å². The van der Waals surface area contributed by atoms with Crippen molar-refractivity contribution in [3.05, 3.63) is 200 Å². The first kappa shape index (κ1) is 30.8. The van der Waals surface area contributed by atoms with E-state index in [1.807, 2.05) is 11.3 Å². The first-order chi connectivity index (χ1) is 26.8. The molecule has 0 bridgehead atoms. The third-order valence-corrected chi connectivity index (χ3v) is 12.3. The Bertz CT molecular complexity index is 3210. The molecule has 11 aromatic rings. The molecule has 10 aromatic carbocycles. The molecule has 54 heavy (non-hydrogen) atoms. The van der Waals surface area contributed by atoms with Crippen molar-refractivity contribution in [2.24, 2.45) is 0 Å². The van der Waals surface area contributed by atoms with Crippen LogP contribution in [0, 0.1) is 0 Å². The number of rotatable bonds is 5. The molecule has 0 radical (unpaired) electrons. The topological polar surface area (TPSA) is 3.24 Å². The third kappa shape index (κ3) is 4.92. The van der Waals surface area contributed by atoms with Crippen LogP contribution in [-0.2, 0) is 0 Å². The van der Waals surface area contributed by atoms with Gasteiger partial charge in [-0.15, -0.1) is 11.3 Å². The van der Waals surface area contributed by atoms with Crippen LogP contribution in [0.4, 0.5) is 17.1 Å². The molecule has 0 fully saturated rings.